The molecular weight excluding hydrogens is 230 g/mol. The van der Waals surface area contributed by atoms with Crippen LogP contribution in [0.1, 0.15) is 24.9 Å². The lowest BCUT2D eigenvalue weighted by Crippen LogP contribution is -2.26. The van der Waals surface area contributed by atoms with Crippen LogP contribution in [-0.4, -0.2) is 22.7 Å². The monoisotopic (exact) mass is 247 g/mol. The Kier molecular flexibility index (Phi) is 2.72. The van der Waals surface area contributed by atoms with Crippen LogP contribution in [0.15, 0.2) is 23.0 Å². The number of fused-ring (bicyclic) bond motifs is 1. The molecule has 3 rings (SSSR count). The highest BCUT2D eigenvalue weighted by atomic mass is 16.5. The van der Waals surface area contributed by atoms with Gasteiger partial charge in [0.05, 0.1) is 17.1 Å². The first-order valence-corrected chi connectivity index (χ1v) is 6.24. The smallest absolute Gasteiger partial charge is 0.323 e. The Morgan fingerprint density at radius 1 is 1.39 bits per heavy atom. The Hall–Kier alpha value is -1.59. The summed E-state index contributed by atoms with van der Waals surface area (Å²) in [5.41, 5.74) is 8.78. The van der Waals surface area contributed by atoms with Crippen molar-refractivity contribution < 1.29 is 4.74 Å². The van der Waals surface area contributed by atoms with Crippen LogP contribution in [0, 0.1) is 5.92 Å². The van der Waals surface area contributed by atoms with Crippen LogP contribution in [0.5, 0.6) is 0 Å². The van der Waals surface area contributed by atoms with E-state index in [-0.39, 0.29) is 17.8 Å². The number of imidazole rings is 1. The Morgan fingerprint density at radius 3 is 2.89 bits per heavy atom. The molecule has 1 saturated heterocycles. The molecule has 3 unspecified atom stereocenters. The summed E-state index contributed by atoms with van der Waals surface area (Å²) >= 11 is 0. The lowest BCUT2D eigenvalue weighted by Gasteiger charge is -2.22. The number of nitrogens with two attached hydrogens (primary N) is 1. The Labute approximate surface area is 104 Å². The third kappa shape index (κ3) is 1.85. The Balaban J connectivity index is 1.95. The number of rotatable bonds is 2. The van der Waals surface area contributed by atoms with Crippen LogP contribution >= 0.6 is 0 Å². The number of nitrogens with one attached hydrogen (secondary N) is 2. The summed E-state index contributed by atoms with van der Waals surface area (Å²) in [4.78, 5) is 16.7. The third-order valence-corrected chi connectivity index (χ3v) is 3.82. The second-order valence-corrected chi connectivity index (χ2v) is 4.94. The van der Waals surface area contributed by atoms with Crippen molar-refractivity contribution in [1.82, 2.24) is 9.97 Å². The van der Waals surface area contributed by atoms with E-state index in [9.17, 15) is 4.79 Å². The van der Waals surface area contributed by atoms with Gasteiger partial charge in [-0.25, -0.2) is 4.79 Å². The lowest BCUT2D eigenvalue weighted by molar-refractivity contribution is 0.0995. The second kappa shape index (κ2) is 4.26. The molecule has 18 heavy (non-hydrogen) atoms. The molecule has 5 heteroatoms. The van der Waals surface area contributed by atoms with Crippen molar-refractivity contribution >= 4 is 11.0 Å². The van der Waals surface area contributed by atoms with Crippen LogP contribution in [0.25, 0.3) is 11.0 Å². The summed E-state index contributed by atoms with van der Waals surface area (Å²) in [6.07, 6.45) is 1.19. The normalized spacial score (nSPS) is 25.7. The fraction of sp³-hybridized carbons (Fsp3) is 0.462. The van der Waals surface area contributed by atoms with E-state index in [0.29, 0.717) is 5.92 Å². The van der Waals surface area contributed by atoms with Gasteiger partial charge in [-0.3, -0.25) is 0 Å². The summed E-state index contributed by atoms with van der Waals surface area (Å²) < 4.78 is 5.56. The summed E-state index contributed by atoms with van der Waals surface area (Å²) in [6.45, 7) is 2.84. The van der Waals surface area contributed by atoms with Crippen molar-refractivity contribution in [2.75, 3.05) is 6.61 Å². The molecular formula is C13H17N3O2. The van der Waals surface area contributed by atoms with Crippen molar-refractivity contribution in [2.24, 2.45) is 11.7 Å². The van der Waals surface area contributed by atoms with E-state index in [1.165, 1.54) is 0 Å². The average molecular weight is 247 g/mol. The van der Waals surface area contributed by atoms with E-state index in [1.54, 1.807) is 0 Å². The van der Waals surface area contributed by atoms with Gasteiger partial charge in [0.15, 0.2) is 0 Å². The van der Waals surface area contributed by atoms with Crippen LogP contribution in [-0.2, 0) is 4.74 Å². The van der Waals surface area contributed by atoms with Crippen molar-refractivity contribution in [2.45, 2.75) is 25.5 Å². The Morgan fingerprint density at radius 2 is 2.17 bits per heavy atom. The molecule has 4 N–H and O–H groups in total. The van der Waals surface area contributed by atoms with E-state index in [2.05, 4.69) is 16.9 Å². The van der Waals surface area contributed by atoms with Gasteiger partial charge in [0, 0.05) is 18.6 Å². The number of aromatic nitrogens is 2. The summed E-state index contributed by atoms with van der Waals surface area (Å²) in [5, 5.41) is 0. The minimum atomic E-state index is -0.187. The van der Waals surface area contributed by atoms with Gasteiger partial charge in [0.2, 0.25) is 0 Å². The molecule has 0 spiro atoms. The van der Waals surface area contributed by atoms with Crippen molar-refractivity contribution in [1.29, 1.82) is 0 Å². The van der Waals surface area contributed by atoms with Gasteiger partial charge in [0.1, 0.15) is 0 Å². The topological polar surface area (TPSA) is 83.9 Å². The zero-order valence-corrected chi connectivity index (χ0v) is 10.3. The van der Waals surface area contributed by atoms with E-state index >= 15 is 0 Å². The first kappa shape index (κ1) is 11.5. The molecule has 0 aliphatic carbocycles. The number of hydrogen-bond acceptors (Lipinski definition) is 3. The number of aromatic amines is 2. The molecule has 3 atom stereocenters. The Bertz CT molecular complexity index is 616. The van der Waals surface area contributed by atoms with Crippen molar-refractivity contribution in [3.05, 3.63) is 34.2 Å². The fourth-order valence-electron chi connectivity index (χ4n) is 2.72. The van der Waals surface area contributed by atoms with E-state index in [1.807, 2.05) is 18.2 Å². The molecule has 0 bridgehead atoms. The first-order chi connectivity index (χ1) is 8.65. The largest absolute Gasteiger partial charge is 0.378 e. The van der Waals surface area contributed by atoms with Crippen molar-refractivity contribution in [3.63, 3.8) is 0 Å². The van der Waals surface area contributed by atoms with Crippen molar-refractivity contribution in [3.8, 4) is 0 Å². The van der Waals surface area contributed by atoms with Crippen LogP contribution in [0.2, 0.25) is 0 Å². The standard InChI is InChI=1S/C13H17N3O2/c1-7-9(4-5-18-7)12(14)8-2-3-10-11(6-8)16-13(17)15-10/h2-3,6-7,9,12H,4-5,14H2,1H3,(H2,15,16,17). The molecule has 1 aliphatic heterocycles. The zero-order valence-electron chi connectivity index (χ0n) is 10.3. The van der Waals surface area contributed by atoms with Crippen LogP contribution in [0.3, 0.4) is 0 Å². The molecule has 2 aromatic rings. The molecule has 1 aromatic carbocycles. The third-order valence-electron chi connectivity index (χ3n) is 3.82. The summed E-state index contributed by atoms with van der Waals surface area (Å²) in [6, 6.07) is 5.76. The molecule has 5 nitrogen and oxygen atoms in total. The predicted octanol–water partition coefficient (Wildman–Crippen LogP) is 1.28. The molecule has 1 aromatic heterocycles. The first-order valence-electron chi connectivity index (χ1n) is 6.24. The molecule has 0 radical (unpaired) electrons. The number of hydrogen-bond donors (Lipinski definition) is 3. The quantitative estimate of drug-likeness (QED) is 0.747. The summed E-state index contributed by atoms with van der Waals surface area (Å²) in [5.74, 6) is 0.341. The maximum atomic E-state index is 11.2. The molecule has 1 aliphatic rings. The van der Waals surface area contributed by atoms with E-state index < -0.39 is 0 Å². The molecule has 1 fully saturated rings. The van der Waals surface area contributed by atoms with Gasteiger partial charge in [-0.15, -0.1) is 0 Å². The van der Waals surface area contributed by atoms with Gasteiger partial charge in [0.25, 0.3) is 0 Å². The minimum Gasteiger partial charge on any atom is -0.378 e. The fourth-order valence-corrected chi connectivity index (χ4v) is 2.72. The highest BCUT2D eigenvalue weighted by Gasteiger charge is 2.30. The summed E-state index contributed by atoms with van der Waals surface area (Å²) in [7, 11) is 0. The molecule has 96 valence electrons. The minimum absolute atomic E-state index is 0.0506. The predicted molar refractivity (Wildman–Crippen MR) is 69.4 cm³/mol. The van der Waals surface area contributed by atoms with E-state index in [0.717, 1.165) is 29.6 Å². The maximum Gasteiger partial charge on any atom is 0.323 e. The highest BCUT2D eigenvalue weighted by Crippen LogP contribution is 2.32. The number of benzene rings is 1. The van der Waals surface area contributed by atoms with Gasteiger partial charge in [-0.05, 0) is 31.0 Å². The lowest BCUT2D eigenvalue weighted by atomic mass is 9.89. The molecule has 0 amide bonds. The maximum absolute atomic E-state index is 11.2. The van der Waals surface area contributed by atoms with Gasteiger partial charge >= 0.3 is 5.69 Å². The highest BCUT2D eigenvalue weighted by molar-refractivity contribution is 5.75. The SMILES string of the molecule is CC1OCCC1C(N)c1ccc2[nH]c(=O)[nH]c2c1. The average Bonchev–Trinajstić information content (AvgIpc) is 2.91. The number of ether oxygens (including phenoxy) is 1. The van der Waals surface area contributed by atoms with E-state index in [4.69, 9.17) is 10.5 Å². The molecule has 2 heterocycles. The second-order valence-electron chi connectivity index (χ2n) is 4.94. The van der Waals surface area contributed by atoms with Gasteiger partial charge < -0.3 is 20.4 Å². The van der Waals surface area contributed by atoms with Crippen LogP contribution in [0.4, 0.5) is 0 Å². The zero-order chi connectivity index (χ0) is 12.7. The number of H-pyrrole nitrogens is 2. The van der Waals surface area contributed by atoms with Gasteiger partial charge in [-0.2, -0.15) is 0 Å². The van der Waals surface area contributed by atoms with Gasteiger partial charge in [-0.1, -0.05) is 6.07 Å². The molecule has 0 saturated carbocycles. The van der Waals surface area contributed by atoms with Crippen LogP contribution < -0.4 is 11.4 Å².